The minimum absolute atomic E-state index is 0.0446. The molecule has 2 aromatic rings. The predicted molar refractivity (Wildman–Crippen MR) is 129 cm³/mol. The standard InChI is InChI=1S/C25H35N3O3S/c1-6-13-27(24(30)26-25(3,4)5)16-23(29)28-14-11-22-20(12-15-32-22)21(28)17-31-19-9-7-18(2)8-10-19/h7-10,12,15,21H,6,11,13-14,16-17H2,1-5H3,(H,26,30)/t21-/m0/s1. The fourth-order valence-electron chi connectivity index (χ4n) is 3.86. The van der Waals surface area contributed by atoms with E-state index in [0.29, 0.717) is 19.7 Å². The van der Waals surface area contributed by atoms with Gasteiger partial charge in [0.15, 0.2) is 0 Å². The molecule has 1 atom stereocenters. The average molecular weight is 458 g/mol. The normalized spacial score (nSPS) is 15.8. The van der Waals surface area contributed by atoms with Crippen LogP contribution in [-0.2, 0) is 11.2 Å². The molecular formula is C25H35N3O3S. The first kappa shape index (κ1) is 24.1. The molecule has 7 heteroatoms. The number of ether oxygens (including phenoxy) is 1. The Morgan fingerprint density at radius 2 is 1.94 bits per heavy atom. The fourth-order valence-corrected chi connectivity index (χ4v) is 4.79. The van der Waals surface area contributed by atoms with E-state index in [9.17, 15) is 9.59 Å². The minimum atomic E-state index is -0.354. The summed E-state index contributed by atoms with van der Waals surface area (Å²) >= 11 is 1.73. The average Bonchev–Trinajstić information content (AvgIpc) is 3.20. The van der Waals surface area contributed by atoms with Crippen molar-refractivity contribution < 1.29 is 14.3 Å². The summed E-state index contributed by atoms with van der Waals surface area (Å²) in [6.07, 6.45) is 1.63. The lowest BCUT2D eigenvalue weighted by Gasteiger charge is -2.37. The first-order valence-corrected chi connectivity index (χ1v) is 12.2. The third-order valence-electron chi connectivity index (χ3n) is 5.43. The number of urea groups is 1. The van der Waals surface area contributed by atoms with Crippen LogP contribution in [0, 0.1) is 6.92 Å². The maximum atomic E-state index is 13.4. The molecule has 0 unspecified atom stereocenters. The third kappa shape index (κ3) is 6.25. The lowest BCUT2D eigenvalue weighted by Crippen LogP contribution is -2.53. The molecule has 174 valence electrons. The highest BCUT2D eigenvalue weighted by molar-refractivity contribution is 7.10. The third-order valence-corrected chi connectivity index (χ3v) is 6.43. The largest absolute Gasteiger partial charge is 0.491 e. The Hall–Kier alpha value is -2.54. The number of fused-ring (bicyclic) bond motifs is 1. The molecule has 1 aliphatic rings. The molecule has 0 aliphatic carbocycles. The SMILES string of the molecule is CCCN(CC(=O)N1CCc2sccc2[C@@H]1COc1ccc(C)cc1)C(=O)NC(C)(C)C. The zero-order valence-corrected chi connectivity index (χ0v) is 20.6. The Morgan fingerprint density at radius 3 is 2.59 bits per heavy atom. The monoisotopic (exact) mass is 457 g/mol. The van der Waals surface area contributed by atoms with Crippen molar-refractivity contribution >= 4 is 23.3 Å². The number of nitrogens with zero attached hydrogens (tertiary/aromatic N) is 2. The Bertz CT molecular complexity index is 917. The van der Waals surface area contributed by atoms with Crippen molar-refractivity contribution in [2.45, 2.75) is 59.0 Å². The van der Waals surface area contributed by atoms with Crippen LogP contribution < -0.4 is 10.1 Å². The number of nitrogens with one attached hydrogen (secondary N) is 1. The summed E-state index contributed by atoms with van der Waals surface area (Å²) in [4.78, 5) is 31.0. The van der Waals surface area contributed by atoms with Gasteiger partial charge in [0.2, 0.25) is 5.91 Å². The maximum Gasteiger partial charge on any atom is 0.318 e. The lowest BCUT2D eigenvalue weighted by atomic mass is 10.0. The van der Waals surface area contributed by atoms with Crippen LogP contribution in [0.2, 0.25) is 0 Å². The number of carbonyl (C=O) groups excluding carboxylic acids is 2. The highest BCUT2D eigenvalue weighted by Gasteiger charge is 2.33. The van der Waals surface area contributed by atoms with Crippen LogP contribution in [0.25, 0.3) is 0 Å². The molecule has 32 heavy (non-hydrogen) atoms. The van der Waals surface area contributed by atoms with Crippen LogP contribution in [0.4, 0.5) is 4.79 Å². The molecule has 1 aromatic heterocycles. The van der Waals surface area contributed by atoms with Crippen LogP contribution in [0.1, 0.15) is 56.2 Å². The van der Waals surface area contributed by atoms with E-state index < -0.39 is 0 Å². The zero-order chi connectivity index (χ0) is 23.3. The summed E-state index contributed by atoms with van der Waals surface area (Å²) in [6, 6.07) is 9.69. The minimum Gasteiger partial charge on any atom is -0.491 e. The number of benzene rings is 1. The fraction of sp³-hybridized carbons (Fsp3) is 0.520. The number of rotatable bonds is 7. The highest BCUT2D eigenvalue weighted by Crippen LogP contribution is 2.34. The van der Waals surface area contributed by atoms with Gasteiger partial charge in [-0.15, -0.1) is 11.3 Å². The molecule has 2 heterocycles. The molecule has 1 aliphatic heterocycles. The van der Waals surface area contributed by atoms with Crippen molar-refractivity contribution in [2.75, 3.05) is 26.2 Å². The molecule has 0 saturated carbocycles. The van der Waals surface area contributed by atoms with Gasteiger partial charge in [0.05, 0.1) is 6.04 Å². The van der Waals surface area contributed by atoms with Crippen LogP contribution in [0.15, 0.2) is 35.7 Å². The zero-order valence-electron chi connectivity index (χ0n) is 19.8. The van der Waals surface area contributed by atoms with Crippen LogP contribution >= 0.6 is 11.3 Å². The van der Waals surface area contributed by atoms with Crippen molar-refractivity contribution in [3.63, 3.8) is 0 Å². The van der Waals surface area contributed by atoms with Gasteiger partial charge in [0.25, 0.3) is 0 Å². The van der Waals surface area contributed by atoms with Crippen LogP contribution in [0.5, 0.6) is 5.75 Å². The molecule has 3 amide bonds. The van der Waals surface area contributed by atoms with E-state index in [1.54, 1.807) is 16.2 Å². The van der Waals surface area contributed by atoms with E-state index in [1.807, 2.05) is 63.8 Å². The number of amides is 3. The number of hydrogen-bond acceptors (Lipinski definition) is 4. The van der Waals surface area contributed by atoms with Crippen molar-refractivity contribution in [3.05, 3.63) is 51.7 Å². The summed E-state index contributed by atoms with van der Waals surface area (Å²) < 4.78 is 6.09. The van der Waals surface area contributed by atoms with E-state index in [2.05, 4.69) is 16.8 Å². The van der Waals surface area contributed by atoms with E-state index in [4.69, 9.17) is 4.74 Å². The number of thiophene rings is 1. The Morgan fingerprint density at radius 1 is 1.22 bits per heavy atom. The Kier molecular flexibility index (Phi) is 7.82. The van der Waals surface area contributed by atoms with Gasteiger partial charge >= 0.3 is 6.03 Å². The van der Waals surface area contributed by atoms with Gasteiger partial charge in [0, 0.05) is 23.5 Å². The van der Waals surface area contributed by atoms with E-state index in [1.165, 1.54) is 10.4 Å². The Labute approximate surface area is 195 Å². The second kappa shape index (κ2) is 10.4. The van der Waals surface area contributed by atoms with Crippen molar-refractivity contribution in [1.29, 1.82) is 0 Å². The summed E-state index contributed by atoms with van der Waals surface area (Å²) in [5, 5.41) is 5.06. The predicted octanol–water partition coefficient (Wildman–Crippen LogP) is 4.78. The maximum absolute atomic E-state index is 13.4. The second-order valence-corrected chi connectivity index (χ2v) is 10.4. The molecule has 1 N–H and O–H groups in total. The summed E-state index contributed by atoms with van der Waals surface area (Å²) in [6.45, 7) is 11.5. The molecule has 0 fully saturated rings. The molecule has 1 aromatic carbocycles. The highest BCUT2D eigenvalue weighted by atomic mass is 32.1. The van der Waals surface area contributed by atoms with Gasteiger partial charge in [-0.2, -0.15) is 0 Å². The van der Waals surface area contributed by atoms with Crippen molar-refractivity contribution in [1.82, 2.24) is 15.1 Å². The lowest BCUT2D eigenvalue weighted by molar-refractivity contribution is -0.135. The first-order valence-electron chi connectivity index (χ1n) is 11.3. The quantitative estimate of drug-likeness (QED) is 0.651. The van der Waals surface area contributed by atoms with Gasteiger partial charge in [-0.1, -0.05) is 24.6 Å². The van der Waals surface area contributed by atoms with E-state index >= 15 is 0 Å². The number of aryl methyl sites for hydroxylation is 1. The van der Waals surface area contributed by atoms with Crippen molar-refractivity contribution in [2.24, 2.45) is 0 Å². The molecule has 0 bridgehead atoms. The molecule has 0 radical (unpaired) electrons. The van der Waals surface area contributed by atoms with Crippen LogP contribution in [-0.4, -0.2) is 53.5 Å². The molecular weight excluding hydrogens is 422 g/mol. The summed E-state index contributed by atoms with van der Waals surface area (Å²) in [7, 11) is 0. The summed E-state index contributed by atoms with van der Waals surface area (Å²) in [5.74, 6) is 0.749. The van der Waals surface area contributed by atoms with Crippen molar-refractivity contribution in [3.8, 4) is 5.75 Å². The number of carbonyl (C=O) groups is 2. The second-order valence-electron chi connectivity index (χ2n) is 9.38. The molecule has 0 spiro atoms. The topological polar surface area (TPSA) is 61.9 Å². The van der Waals surface area contributed by atoms with E-state index in [0.717, 1.165) is 24.2 Å². The van der Waals surface area contributed by atoms with Crippen LogP contribution in [0.3, 0.4) is 0 Å². The Balaban J connectivity index is 1.74. The van der Waals surface area contributed by atoms with E-state index in [-0.39, 0.29) is 30.1 Å². The summed E-state index contributed by atoms with van der Waals surface area (Å²) in [5.41, 5.74) is 1.98. The van der Waals surface area contributed by atoms with Gasteiger partial charge in [0.1, 0.15) is 18.9 Å². The molecule has 0 saturated heterocycles. The first-order chi connectivity index (χ1) is 15.2. The number of hydrogen-bond donors (Lipinski definition) is 1. The van der Waals surface area contributed by atoms with Gasteiger partial charge in [-0.25, -0.2) is 4.79 Å². The smallest absolute Gasteiger partial charge is 0.318 e. The van der Waals surface area contributed by atoms with Gasteiger partial charge < -0.3 is 19.9 Å². The van der Waals surface area contributed by atoms with Gasteiger partial charge in [-0.3, -0.25) is 4.79 Å². The molecule has 6 nitrogen and oxygen atoms in total. The molecule has 3 rings (SSSR count). The van der Waals surface area contributed by atoms with Gasteiger partial charge in [-0.05, 0) is 69.7 Å².